The van der Waals surface area contributed by atoms with E-state index in [-0.39, 0.29) is 18.3 Å². The van der Waals surface area contributed by atoms with E-state index in [4.69, 9.17) is 15.6 Å². The summed E-state index contributed by atoms with van der Waals surface area (Å²) in [5.74, 6) is -1.60. The monoisotopic (exact) mass is 253 g/mol. The second kappa shape index (κ2) is 4.57. The lowest BCUT2D eigenvalue weighted by Crippen LogP contribution is -2.54. The molecule has 0 radical (unpaired) electrons. The molecule has 1 aromatic rings. The van der Waals surface area contributed by atoms with Gasteiger partial charge in [-0.2, -0.15) is 0 Å². The Bertz CT molecular complexity index is 473. The standard InChI is InChI=1S/C13H16FNO3/c1-8-3-2-4-10(11(8)14)18-7-13(15,12(16)17)9-5-6-9/h2-4,9H,5-7,15H2,1H3,(H,16,17). The summed E-state index contributed by atoms with van der Waals surface area (Å²) in [6, 6.07) is 4.75. The van der Waals surface area contributed by atoms with E-state index >= 15 is 0 Å². The third-order valence-corrected chi connectivity index (χ3v) is 3.33. The second-order valence-corrected chi connectivity index (χ2v) is 4.80. The van der Waals surface area contributed by atoms with Crippen LogP contribution in [0.2, 0.25) is 0 Å². The van der Waals surface area contributed by atoms with E-state index in [1.165, 1.54) is 6.07 Å². The maximum atomic E-state index is 13.7. The van der Waals surface area contributed by atoms with Gasteiger partial charge in [-0.15, -0.1) is 0 Å². The highest BCUT2D eigenvalue weighted by atomic mass is 19.1. The Labute approximate surface area is 105 Å². The Morgan fingerprint density at radius 3 is 2.83 bits per heavy atom. The van der Waals surface area contributed by atoms with E-state index in [2.05, 4.69) is 0 Å². The van der Waals surface area contributed by atoms with Crippen molar-refractivity contribution in [2.24, 2.45) is 11.7 Å². The molecule has 0 aliphatic heterocycles. The first-order valence-corrected chi connectivity index (χ1v) is 5.85. The fourth-order valence-electron chi connectivity index (χ4n) is 1.88. The van der Waals surface area contributed by atoms with Crippen LogP contribution in [0.25, 0.3) is 0 Å². The average molecular weight is 253 g/mol. The Morgan fingerprint density at radius 2 is 2.28 bits per heavy atom. The van der Waals surface area contributed by atoms with Gasteiger partial charge in [-0.3, -0.25) is 4.79 Å². The number of hydrogen-bond donors (Lipinski definition) is 2. The number of hydrogen-bond acceptors (Lipinski definition) is 3. The van der Waals surface area contributed by atoms with Crippen LogP contribution in [0.3, 0.4) is 0 Å². The Balaban J connectivity index is 2.10. The Hall–Kier alpha value is -1.62. The SMILES string of the molecule is Cc1cccc(OCC(N)(C(=O)O)C2CC2)c1F. The van der Waals surface area contributed by atoms with Crippen LogP contribution in [0.4, 0.5) is 4.39 Å². The third-order valence-electron chi connectivity index (χ3n) is 3.33. The first kappa shape index (κ1) is 12.8. The maximum Gasteiger partial charge on any atom is 0.327 e. The molecule has 0 amide bonds. The molecule has 98 valence electrons. The quantitative estimate of drug-likeness (QED) is 0.837. The molecule has 0 saturated heterocycles. The van der Waals surface area contributed by atoms with E-state index in [9.17, 15) is 9.18 Å². The molecule has 18 heavy (non-hydrogen) atoms. The largest absolute Gasteiger partial charge is 0.488 e. The number of carbonyl (C=O) groups is 1. The second-order valence-electron chi connectivity index (χ2n) is 4.80. The molecule has 0 bridgehead atoms. The van der Waals surface area contributed by atoms with Gasteiger partial charge in [-0.1, -0.05) is 12.1 Å². The van der Waals surface area contributed by atoms with Crippen LogP contribution in [0.15, 0.2) is 18.2 Å². The highest BCUT2D eigenvalue weighted by Gasteiger charge is 2.49. The van der Waals surface area contributed by atoms with Crippen molar-refractivity contribution >= 4 is 5.97 Å². The summed E-state index contributed by atoms with van der Waals surface area (Å²) in [6.45, 7) is 1.41. The van der Waals surface area contributed by atoms with Crippen molar-refractivity contribution in [2.75, 3.05) is 6.61 Å². The van der Waals surface area contributed by atoms with Gasteiger partial charge in [0, 0.05) is 0 Å². The summed E-state index contributed by atoms with van der Waals surface area (Å²) in [4.78, 5) is 11.2. The van der Waals surface area contributed by atoms with Gasteiger partial charge < -0.3 is 15.6 Å². The summed E-state index contributed by atoms with van der Waals surface area (Å²) in [5.41, 5.74) is 4.87. The number of carboxylic acid groups (broad SMARTS) is 1. The summed E-state index contributed by atoms with van der Waals surface area (Å²) in [7, 11) is 0. The molecule has 0 spiro atoms. The maximum absolute atomic E-state index is 13.7. The highest BCUT2D eigenvalue weighted by molar-refractivity contribution is 5.79. The molecule has 1 unspecified atom stereocenters. The van der Waals surface area contributed by atoms with E-state index in [0.717, 1.165) is 12.8 Å². The molecule has 1 aliphatic carbocycles. The van der Waals surface area contributed by atoms with Crippen molar-refractivity contribution in [1.82, 2.24) is 0 Å². The number of rotatable bonds is 5. The van der Waals surface area contributed by atoms with Crippen LogP contribution in [0.5, 0.6) is 5.75 Å². The molecule has 4 nitrogen and oxygen atoms in total. The Morgan fingerprint density at radius 1 is 1.61 bits per heavy atom. The molecule has 1 saturated carbocycles. The lowest BCUT2D eigenvalue weighted by atomic mass is 9.96. The van der Waals surface area contributed by atoms with Gasteiger partial charge in [-0.25, -0.2) is 4.39 Å². The van der Waals surface area contributed by atoms with Crippen molar-refractivity contribution in [3.8, 4) is 5.75 Å². The lowest BCUT2D eigenvalue weighted by Gasteiger charge is -2.24. The molecular weight excluding hydrogens is 237 g/mol. The molecule has 1 atom stereocenters. The van der Waals surface area contributed by atoms with E-state index in [1.54, 1.807) is 19.1 Å². The van der Waals surface area contributed by atoms with Crippen molar-refractivity contribution in [3.63, 3.8) is 0 Å². The minimum Gasteiger partial charge on any atom is -0.488 e. The summed E-state index contributed by atoms with van der Waals surface area (Å²) in [6.07, 6.45) is 1.56. The number of aryl methyl sites for hydroxylation is 1. The minimum absolute atomic E-state index is 0.0479. The van der Waals surface area contributed by atoms with Crippen LogP contribution < -0.4 is 10.5 Å². The van der Waals surface area contributed by atoms with Gasteiger partial charge in [0.15, 0.2) is 17.1 Å². The molecular formula is C13H16FNO3. The molecule has 5 heteroatoms. The van der Waals surface area contributed by atoms with Gasteiger partial charge in [0.1, 0.15) is 6.61 Å². The van der Waals surface area contributed by atoms with Gasteiger partial charge in [-0.05, 0) is 37.3 Å². The molecule has 0 heterocycles. The van der Waals surface area contributed by atoms with Gasteiger partial charge in [0.05, 0.1) is 0 Å². The number of ether oxygens (including phenoxy) is 1. The number of benzene rings is 1. The van der Waals surface area contributed by atoms with Crippen LogP contribution in [0, 0.1) is 18.7 Å². The molecule has 3 N–H and O–H groups in total. The fourth-order valence-corrected chi connectivity index (χ4v) is 1.88. The van der Waals surface area contributed by atoms with Crippen LogP contribution in [-0.2, 0) is 4.79 Å². The highest BCUT2D eigenvalue weighted by Crippen LogP contribution is 2.39. The summed E-state index contributed by atoms with van der Waals surface area (Å²) in [5, 5.41) is 9.15. The lowest BCUT2D eigenvalue weighted by molar-refractivity contribution is -0.145. The van der Waals surface area contributed by atoms with Crippen molar-refractivity contribution in [1.29, 1.82) is 0 Å². The van der Waals surface area contributed by atoms with Crippen molar-refractivity contribution < 1.29 is 19.0 Å². The molecule has 1 aromatic carbocycles. The number of nitrogens with two attached hydrogens (primary N) is 1. The number of carboxylic acids is 1. The number of halogens is 1. The van der Waals surface area contributed by atoms with E-state index in [0.29, 0.717) is 5.56 Å². The molecule has 1 fully saturated rings. The zero-order chi connectivity index (χ0) is 13.3. The molecule has 2 rings (SSSR count). The smallest absolute Gasteiger partial charge is 0.327 e. The van der Waals surface area contributed by atoms with Gasteiger partial charge >= 0.3 is 5.97 Å². The van der Waals surface area contributed by atoms with Gasteiger partial charge in [0.2, 0.25) is 0 Å². The Kier molecular flexibility index (Phi) is 3.26. The predicted molar refractivity (Wildman–Crippen MR) is 63.9 cm³/mol. The fraction of sp³-hybridized carbons (Fsp3) is 0.462. The number of aliphatic carboxylic acids is 1. The van der Waals surface area contributed by atoms with E-state index < -0.39 is 17.3 Å². The topological polar surface area (TPSA) is 72.5 Å². The van der Waals surface area contributed by atoms with E-state index in [1.807, 2.05) is 0 Å². The average Bonchev–Trinajstić information content (AvgIpc) is 3.14. The first-order chi connectivity index (χ1) is 8.45. The predicted octanol–water partition coefficient (Wildman–Crippen LogP) is 1.71. The molecule has 0 aromatic heterocycles. The van der Waals surface area contributed by atoms with Gasteiger partial charge in [0.25, 0.3) is 0 Å². The van der Waals surface area contributed by atoms with Crippen molar-refractivity contribution in [2.45, 2.75) is 25.3 Å². The minimum atomic E-state index is -1.42. The zero-order valence-corrected chi connectivity index (χ0v) is 10.1. The zero-order valence-electron chi connectivity index (χ0n) is 10.1. The van der Waals surface area contributed by atoms with Crippen LogP contribution in [0.1, 0.15) is 18.4 Å². The first-order valence-electron chi connectivity index (χ1n) is 5.85. The third kappa shape index (κ3) is 2.31. The van der Waals surface area contributed by atoms with Crippen LogP contribution in [-0.4, -0.2) is 23.2 Å². The van der Waals surface area contributed by atoms with Crippen molar-refractivity contribution in [3.05, 3.63) is 29.6 Å². The summed E-state index contributed by atoms with van der Waals surface area (Å²) >= 11 is 0. The molecule has 1 aliphatic rings. The van der Waals surface area contributed by atoms with Crippen LogP contribution >= 0.6 is 0 Å². The normalized spacial score (nSPS) is 18.2. The summed E-state index contributed by atoms with van der Waals surface area (Å²) < 4.78 is 18.9.